The van der Waals surface area contributed by atoms with E-state index in [0.717, 1.165) is 55.1 Å². The van der Waals surface area contributed by atoms with E-state index < -0.39 is 0 Å². The summed E-state index contributed by atoms with van der Waals surface area (Å²) in [7, 11) is 2.06. The Labute approximate surface area is 248 Å². The van der Waals surface area contributed by atoms with Crippen molar-refractivity contribution in [1.82, 2.24) is 14.7 Å². The van der Waals surface area contributed by atoms with Crippen LogP contribution >= 0.6 is 0 Å². The third-order valence-electron chi connectivity index (χ3n) is 8.78. The minimum atomic E-state index is -0.203. The third kappa shape index (κ3) is 5.62. The topological polar surface area (TPSA) is 24.3 Å². The van der Waals surface area contributed by atoms with Gasteiger partial charge in [0.2, 0.25) is 0 Å². The van der Waals surface area contributed by atoms with E-state index in [1.807, 2.05) is 10.7 Å². The van der Waals surface area contributed by atoms with Gasteiger partial charge in [-0.25, -0.2) is 4.39 Å². The van der Waals surface area contributed by atoms with Gasteiger partial charge in [0.1, 0.15) is 11.5 Å². The molecule has 4 nitrogen and oxygen atoms in total. The summed E-state index contributed by atoms with van der Waals surface area (Å²) >= 11 is 0. The van der Waals surface area contributed by atoms with E-state index in [9.17, 15) is 4.39 Å². The van der Waals surface area contributed by atoms with Crippen LogP contribution in [0.2, 0.25) is 0 Å². The molecule has 0 atom stereocenters. The highest BCUT2D eigenvalue weighted by Crippen LogP contribution is 2.35. The zero-order chi connectivity index (χ0) is 29.2. The number of halogens is 1. The van der Waals surface area contributed by atoms with E-state index in [0.29, 0.717) is 12.5 Å². The molecule has 1 aliphatic rings. The SMILES string of the molecule is C=C(C1CCN(Cc2cccc3c(-c4ccccc4C)nn(C)c23)CC1)N(Cc1cccc(F)c1)c1ccccc1C. The van der Waals surface area contributed by atoms with Crippen molar-refractivity contribution in [1.29, 1.82) is 0 Å². The fourth-order valence-corrected chi connectivity index (χ4v) is 6.49. The van der Waals surface area contributed by atoms with Crippen molar-refractivity contribution in [2.24, 2.45) is 13.0 Å². The molecule has 5 heteroatoms. The molecular weight excluding hydrogens is 519 g/mol. The second-order valence-corrected chi connectivity index (χ2v) is 11.6. The molecule has 4 aromatic carbocycles. The number of piperidine rings is 1. The number of para-hydroxylation sites is 2. The number of hydrogen-bond donors (Lipinski definition) is 0. The van der Waals surface area contributed by atoms with Crippen LogP contribution in [-0.2, 0) is 20.1 Å². The number of nitrogens with zero attached hydrogens (tertiary/aromatic N) is 4. The first-order valence-corrected chi connectivity index (χ1v) is 14.9. The summed E-state index contributed by atoms with van der Waals surface area (Å²) in [6.07, 6.45) is 2.08. The van der Waals surface area contributed by atoms with Crippen LogP contribution in [0.15, 0.2) is 103 Å². The van der Waals surface area contributed by atoms with Gasteiger partial charge in [-0.3, -0.25) is 9.58 Å². The minimum Gasteiger partial charge on any atom is -0.341 e. The molecule has 42 heavy (non-hydrogen) atoms. The lowest BCUT2D eigenvalue weighted by atomic mass is 9.92. The molecule has 0 saturated carbocycles. The molecule has 1 aliphatic heterocycles. The quantitative estimate of drug-likeness (QED) is 0.191. The van der Waals surface area contributed by atoms with Gasteiger partial charge in [0, 0.05) is 48.4 Å². The molecular formula is C37H39FN4. The summed E-state index contributed by atoms with van der Waals surface area (Å²) in [5.74, 6) is 0.167. The van der Waals surface area contributed by atoms with Crippen LogP contribution in [0.4, 0.5) is 10.1 Å². The maximum Gasteiger partial charge on any atom is 0.123 e. The van der Waals surface area contributed by atoms with Crippen LogP contribution in [0.3, 0.4) is 0 Å². The largest absolute Gasteiger partial charge is 0.341 e. The molecule has 0 aliphatic carbocycles. The molecule has 1 fully saturated rings. The Balaban J connectivity index is 1.19. The van der Waals surface area contributed by atoms with Crippen molar-refractivity contribution in [2.75, 3.05) is 18.0 Å². The molecule has 0 radical (unpaired) electrons. The Kier molecular flexibility index (Phi) is 7.94. The van der Waals surface area contributed by atoms with Crippen LogP contribution in [0.1, 0.15) is 35.1 Å². The average molecular weight is 559 g/mol. The Morgan fingerprint density at radius 2 is 1.62 bits per heavy atom. The van der Waals surface area contributed by atoms with Gasteiger partial charge < -0.3 is 4.90 Å². The predicted molar refractivity (Wildman–Crippen MR) is 172 cm³/mol. The summed E-state index contributed by atoms with van der Waals surface area (Å²) in [5, 5.41) is 6.17. The van der Waals surface area contributed by atoms with E-state index in [1.54, 1.807) is 12.1 Å². The number of anilines is 1. The highest BCUT2D eigenvalue weighted by Gasteiger charge is 2.27. The summed E-state index contributed by atoms with van der Waals surface area (Å²) in [6, 6.07) is 30.4. The number of fused-ring (bicyclic) bond motifs is 1. The molecule has 0 amide bonds. The van der Waals surface area contributed by atoms with E-state index in [1.165, 1.54) is 39.2 Å². The second-order valence-electron chi connectivity index (χ2n) is 11.6. The molecule has 1 aromatic heterocycles. The molecule has 0 bridgehead atoms. The smallest absolute Gasteiger partial charge is 0.123 e. The summed E-state index contributed by atoms with van der Waals surface area (Å²) < 4.78 is 16.1. The van der Waals surface area contributed by atoms with Gasteiger partial charge in [-0.2, -0.15) is 5.10 Å². The Hall–Kier alpha value is -4.22. The van der Waals surface area contributed by atoms with E-state index in [-0.39, 0.29) is 5.82 Å². The molecule has 214 valence electrons. The van der Waals surface area contributed by atoms with Gasteiger partial charge in [-0.05, 0) is 80.2 Å². The van der Waals surface area contributed by atoms with Gasteiger partial charge in [0.15, 0.2) is 0 Å². The standard InChI is InChI=1S/C37H39FN4/c1-26-11-5-7-16-33(26)36-34-17-10-14-31(37(34)40(4)39-36)25-41-21-19-30(20-22-41)28(3)42(35-18-8-6-12-27(35)2)24-29-13-9-15-32(38)23-29/h5-18,23,30H,3,19-22,24-25H2,1-2,4H3. The van der Waals surface area contributed by atoms with Gasteiger partial charge in [0.25, 0.3) is 0 Å². The zero-order valence-electron chi connectivity index (χ0n) is 24.9. The first-order chi connectivity index (χ1) is 20.4. The van der Waals surface area contributed by atoms with E-state index in [4.69, 9.17) is 5.10 Å². The summed E-state index contributed by atoms with van der Waals surface area (Å²) in [5.41, 5.74) is 10.4. The van der Waals surface area contributed by atoms with Crippen molar-refractivity contribution in [3.8, 4) is 11.3 Å². The molecule has 5 aromatic rings. The highest BCUT2D eigenvalue weighted by atomic mass is 19.1. The van der Waals surface area contributed by atoms with Gasteiger partial charge in [-0.15, -0.1) is 0 Å². The molecule has 0 spiro atoms. The van der Waals surface area contributed by atoms with Crippen LogP contribution in [0.5, 0.6) is 0 Å². The normalized spacial score (nSPS) is 14.4. The first kappa shape index (κ1) is 27.9. The van der Waals surface area contributed by atoms with E-state index in [2.05, 4.69) is 104 Å². The lowest BCUT2D eigenvalue weighted by Gasteiger charge is -2.38. The Bertz CT molecular complexity index is 1730. The maximum atomic E-state index is 14.1. The van der Waals surface area contributed by atoms with Crippen molar-refractivity contribution in [3.63, 3.8) is 0 Å². The molecule has 6 rings (SSSR count). The Morgan fingerprint density at radius 1 is 0.905 bits per heavy atom. The monoisotopic (exact) mass is 558 g/mol. The molecule has 0 unspecified atom stereocenters. The lowest BCUT2D eigenvalue weighted by molar-refractivity contribution is 0.190. The number of aryl methyl sites for hydroxylation is 3. The number of likely N-dealkylation sites (tertiary alicyclic amines) is 1. The number of benzene rings is 4. The van der Waals surface area contributed by atoms with Gasteiger partial charge >= 0.3 is 0 Å². The Morgan fingerprint density at radius 3 is 2.36 bits per heavy atom. The van der Waals surface area contributed by atoms with E-state index >= 15 is 0 Å². The molecule has 2 heterocycles. The van der Waals surface area contributed by atoms with Crippen LogP contribution < -0.4 is 4.90 Å². The van der Waals surface area contributed by atoms with Crippen molar-refractivity contribution in [3.05, 3.63) is 131 Å². The van der Waals surface area contributed by atoms with Crippen molar-refractivity contribution >= 4 is 16.6 Å². The van der Waals surface area contributed by atoms with Crippen LogP contribution in [-0.4, -0.2) is 27.8 Å². The maximum absolute atomic E-state index is 14.1. The highest BCUT2D eigenvalue weighted by molar-refractivity contribution is 5.95. The zero-order valence-corrected chi connectivity index (χ0v) is 24.9. The number of hydrogen-bond acceptors (Lipinski definition) is 3. The fourth-order valence-electron chi connectivity index (χ4n) is 6.49. The lowest BCUT2D eigenvalue weighted by Crippen LogP contribution is -2.37. The van der Waals surface area contributed by atoms with Crippen molar-refractivity contribution < 1.29 is 4.39 Å². The first-order valence-electron chi connectivity index (χ1n) is 14.9. The second kappa shape index (κ2) is 11.9. The minimum absolute atomic E-state index is 0.203. The van der Waals surface area contributed by atoms with Crippen molar-refractivity contribution in [2.45, 2.75) is 39.8 Å². The van der Waals surface area contributed by atoms with Gasteiger partial charge in [-0.1, -0.05) is 79.4 Å². The fraction of sp³-hybridized carbons (Fsp3) is 0.270. The van der Waals surface area contributed by atoms with Gasteiger partial charge in [0.05, 0.1) is 5.52 Å². The molecule has 1 saturated heterocycles. The number of allylic oxidation sites excluding steroid dienone is 1. The average Bonchev–Trinajstić information content (AvgIpc) is 3.33. The summed E-state index contributed by atoms with van der Waals surface area (Å²) in [6.45, 7) is 12.4. The van der Waals surface area contributed by atoms with Crippen LogP contribution in [0.25, 0.3) is 22.2 Å². The molecule has 0 N–H and O–H groups in total. The number of rotatable bonds is 8. The third-order valence-corrected chi connectivity index (χ3v) is 8.78. The van der Waals surface area contributed by atoms with Crippen LogP contribution in [0, 0.1) is 25.6 Å². The number of aromatic nitrogens is 2. The summed E-state index contributed by atoms with van der Waals surface area (Å²) in [4.78, 5) is 4.86. The predicted octanol–water partition coefficient (Wildman–Crippen LogP) is 8.43.